The summed E-state index contributed by atoms with van der Waals surface area (Å²) in [5.41, 5.74) is 0.676. The maximum Gasteiger partial charge on any atom is 0.257 e. The van der Waals surface area contributed by atoms with Crippen molar-refractivity contribution in [2.75, 3.05) is 18.9 Å². The molecule has 0 saturated heterocycles. The third kappa shape index (κ3) is 6.50. The average molecular weight is 354 g/mol. The van der Waals surface area contributed by atoms with Crippen molar-refractivity contribution < 1.29 is 13.9 Å². The van der Waals surface area contributed by atoms with Gasteiger partial charge in [-0.25, -0.2) is 4.39 Å². The number of halogens is 2. The van der Waals surface area contributed by atoms with E-state index in [9.17, 15) is 9.18 Å². The second-order valence-electron chi connectivity index (χ2n) is 4.74. The molecule has 1 amide bonds. The zero-order chi connectivity index (χ0) is 16.5. The third-order valence-electron chi connectivity index (χ3n) is 2.97. The summed E-state index contributed by atoms with van der Waals surface area (Å²) in [7, 11) is 0. The van der Waals surface area contributed by atoms with E-state index < -0.39 is 0 Å². The highest BCUT2D eigenvalue weighted by molar-refractivity contribution is 7.98. The molecular weight excluding hydrogens is 337 g/mol. The van der Waals surface area contributed by atoms with E-state index in [0.29, 0.717) is 34.4 Å². The first-order valence-corrected chi connectivity index (χ1v) is 8.64. The van der Waals surface area contributed by atoms with E-state index >= 15 is 0 Å². The minimum Gasteiger partial charge on any atom is -0.484 e. The smallest absolute Gasteiger partial charge is 0.257 e. The Morgan fingerprint density at radius 2 is 1.91 bits per heavy atom. The van der Waals surface area contributed by atoms with Gasteiger partial charge in [0.25, 0.3) is 5.91 Å². The topological polar surface area (TPSA) is 38.3 Å². The van der Waals surface area contributed by atoms with Crippen molar-refractivity contribution in [3.63, 3.8) is 0 Å². The summed E-state index contributed by atoms with van der Waals surface area (Å²) in [5, 5.41) is 3.38. The Kier molecular flexibility index (Phi) is 7.23. The lowest BCUT2D eigenvalue weighted by atomic mass is 10.2. The molecule has 3 nitrogen and oxygen atoms in total. The van der Waals surface area contributed by atoms with Gasteiger partial charge >= 0.3 is 0 Å². The Bertz CT molecular complexity index is 637. The maximum absolute atomic E-state index is 13.4. The minimum atomic E-state index is -0.194. The number of carbonyl (C=O) groups is 1. The van der Waals surface area contributed by atoms with E-state index in [4.69, 9.17) is 16.3 Å². The van der Waals surface area contributed by atoms with Crippen LogP contribution in [0.25, 0.3) is 0 Å². The lowest BCUT2D eigenvalue weighted by Gasteiger charge is -2.08. The first kappa shape index (κ1) is 17.6. The van der Waals surface area contributed by atoms with E-state index in [1.165, 1.54) is 6.07 Å². The Labute approximate surface area is 144 Å². The average Bonchev–Trinajstić information content (AvgIpc) is 2.55. The molecule has 0 unspecified atom stereocenters. The normalized spacial score (nSPS) is 10.3. The van der Waals surface area contributed by atoms with Crippen LogP contribution in [0.4, 0.5) is 4.39 Å². The molecule has 0 bridgehead atoms. The van der Waals surface area contributed by atoms with Gasteiger partial charge in [0.1, 0.15) is 11.6 Å². The monoisotopic (exact) mass is 353 g/mol. The van der Waals surface area contributed by atoms with Gasteiger partial charge in [0.15, 0.2) is 6.61 Å². The van der Waals surface area contributed by atoms with Gasteiger partial charge in [0.2, 0.25) is 0 Å². The second-order valence-corrected chi connectivity index (χ2v) is 6.28. The van der Waals surface area contributed by atoms with Crippen molar-refractivity contribution in [1.82, 2.24) is 5.32 Å². The van der Waals surface area contributed by atoms with Crippen LogP contribution in [0.5, 0.6) is 5.75 Å². The van der Waals surface area contributed by atoms with Gasteiger partial charge in [0, 0.05) is 23.1 Å². The number of amides is 1. The van der Waals surface area contributed by atoms with Crippen LogP contribution < -0.4 is 10.1 Å². The molecule has 0 saturated carbocycles. The molecule has 0 aromatic heterocycles. The van der Waals surface area contributed by atoms with E-state index in [1.807, 2.05) is 6.07 Å². The van der Waals surface area contributed by atoms with E-state index in [2.05, 4.69) is 5.32 Å². The molecule has 0 radical (unpaired) electrons. The van der Waals surface area contributed by atoms with Crippen LogP contribution in [0.1, 0.15) is 5.56 Å². The number of nitrogens with one attached hydrogen (secondary N) is 1. The Morgan fingerprint density at radius 3 is 2.65 bits per heavy atom. The largest absolute Gasteiger partial charge is 0.484 e. The number of ether oxygens (including phenoxy) is 1. The van der Waals surface area contributed by atoms with Gasteiger partial charge in [0.05, 0.1) is 0 Å². The molecule has 1 N–H and O–H groups in total. The summed E-state index contributed by atoms with van der Waals surface area (Å²) in [6, 6.07) is 13.5. The molecule has 122 valence electrons. The van der Waals surface area contributed by atoms with Crippen LogP contribution >= 0.6 is 23.4 Å². The lowest BCUT2D eigenvalue weighted by Crippen LogP contribution is -2.30. The second kappa shape index (κ2) is 9.43. The molecule has 2 rings (SSSR count). The summed E-state index contributed by atoms with van der Waals surface area (Å²) < 4.78 is 18.7. The molecule has 0 spiro atoms. The fourth-order valence-corrected chi connectivity index (χ4v) is 2.76. The number of carbonyl (C=O) groups excluding carboxylic acids is 1. The number of rotatable bonds is 8. The summed E-state index contributed by atoms with van der Waals surface area (Å²) >= 11 is 7.33. The number of thioether (sulfide) groups is 1. The number of benzene rings is 2. The minimum absolute atomic E-state index is 0.0421. The molecule has 6 heteroatoms. The molecule has 0 fully saturated rings. The van der Waals surface area contributed by atoms with Gasteiger partial charge in [-0.1, -0.05) is 29.8 Å². The Morgan fingerprint density at radius 1 is 1.17 bits per heavy atom. The van der Waals surface area contributed by atoms with Crippen molar-refractivity contribution >= 4 is 29.3 Å². The van der Waals surface area contributed by atoms with Gasteiger partial charge in [-0.3, -0.25) is 4.79 Å². The molecular formula is C17H17ClFNO2S. The van der Waals surface area contributed by atoms with E-state index in [1.54, 1.807) is 48.2 Å². The highest BCUT2D eigenvalue weighted by Gasteiger charge is 2.03. The molecule has 0 heterocycles. The highest BCUT2D eigenvalue weighted by atomic mass is 35.5. The summed E-state index contributed by atoms with van der Waals surface area (Å²) in [6.45, 7) is 0.474. The zero-order valence-corrected chi connectivity index (χ0v) is 14.0. The van der Waals surface area contributed by atoms with Crippen molar-refractivity contribution in [1.29, 1.82) is 0 Å². The van der Waals surface area contributed by atoms with Gasteiger partial charge in [-0.15, -0.1) is 0 Å². The van der Waals surface area contributed by atoms with Crippen molar-refractivity contribution in [3.8, 4) is 5.75 Å². The van der Waals surface area contributed by atoms with Crippen LogP contribution in [0.2, 0.25) is 5.02 Å². The summed E-state index contributed by atoms with van der Waals surface area (Å²) in [6.07, 6.45) is 0. The third-order valence-corrected chi connectivity index (χ3v) is 4.23. The van der Waals surface area contributed by atoms with Gasteiger partial charge < -0.3 is 10.1 Å². The summed E-state index contributed by atoms with van der Waals surface area (Å²) in [5.74, 6) is 1.51. The highest BCUT2D eigenvalue weighted by Crippen LogP contribution is 2.16. The SMILES string of the molecule is O=C(COc1ccc(Cl)cc1)NCCSCc1ccccc1F. The zero-order valence-electron chi connectivity index (χ0n) is 12.4. The lowest BCUT2D eigenvalue weighted by molar-refractivity contribution is -0.122. The number of hydrogen-bond acceptors (Lipinski definition) is 3. The van der Waals surface area contributed by atoms with Crippen LogP contribution in [-0.2, 0) is 10.5 Å². The fraction of sp³-hybridized carbons (Fsp3) is 0.235. The Balaban J connectivity index is 1.58. The molecule has 2 aromatic rings. The van der Waals surface area contributed by atoms with Crippen molar-refractivity contribution in [2.45, 2.75) is 5.75 Å². The van der Waals surface area contributed by atoms with Crippen molar-refractivity contribution in [2.24, 2.45) is 0 Å². The predicted molar refractivity (Wildman–Crippen MR) is 92.5 cm³/mol. The van der Waals surface area contributed by atoms with E-state index in [-0.39, 0.29) is 18.3 Å². The van der Waals surface area contributed by atoms with Crippen LogP contribution in [0, 0.1) is 5.82 Å². The molecule has 0 aliphatic carbocycles. The predicted octanol–water partition coefficient (Wildman–Crippen LogP) is 3.91. The number of hydrogen-bond donors (Lipinski definition) is 1. The molecule has 0 aliphatic rings. The first-order chi connectivity index (χ1) is 11.1. The quantitative estimate of drug-likeness (QED) is 0.731. The maximum atomic E-state index is 13.4. The van der Waals surface area contributed by atoms with E-state index in [0.717, 1.165) is 0 Å². The molecule has 23 heavy (non-hydrogen) atoms. The van der Waals surface area contributed by atoms with Gasteiger partial charge in [-0.05, 0) is 35.9 Å². The standard InChI is InChI=1S/C17H17ClFNO2S/c18-14-5-7-15(8-6-14)22-11-17(21)20-9-10-23-12-13-3-1-2-4-16(13)19/h1-8H,9-12H2,(H,20,21). The fourth-order valence-electron chi connectivity index (χ4n) is 1.79. The summed E-state index contributed by atoms with van der Waals surface area (Å²) in [4.78, 5) is 11.6. The van der Waals surface area contributed by atoms with Crippen LogP contribution in [0.3, 0.4) is 0 Å². The Hall–Kier alpha value is -1.72. The molecule has 0 atom stereocenters. The molecule has 0 aliphatic heterocycles. The van der Waals surface area contributed by atoms with Crippen LogP contribution in [-0.4, -0.2) is 24.8 Å². The van der Waals surface area contributed by atoms with Crippen LogP contribution in [0.15, 0.2) is 48.5 Å². The van der Waals surface area contributed by atoms with Crippen molar-refractivity contribution in [3.05, 3.63) is 64.9 Å². The first-order valence-electron chi connectivity index (χ1n) is 7.11. The van der Waals surface area contributed by atoms with Gasteiger partial charge in [-0.2, -0.15) is 11.8 Å². The molecule has 2 aromatic carbocycles.